The third-order valence-corrected chi connectivity index (χ3v) is 4.44. The van der Waals surface area contributed by atoms with E-state index >= 15 is 0 Å². The molecule has 5 heteroatoms. The number of carbonyl (C=O) groups excluding carboxylic acids is 2. The van der Waals surface area contributed by atoms with Crippen molar-refractivity contribution >= 4 is 11.8 Å². The van der Waals surface area contributed by atoms with Crippen LogP contribution in [0, 0.1) is 0 Å². The highest BCUT2D eigenvalue weighted by atomic mass is 16.5. The Morgan fingerprint density at radius 2 is 1.40 bits per heavy atom. The van der Waals surface area contributed by atoms with E-state index in [1.807, 2.05) is 53.7 Å². The van der Waals surface area contributed by atoms with E-state index in [1.54, 1.807) is 24.3 Å². The number of benzene rings is 2. The molecule has 0 spiro atoms. The molecule has 0 aliphatic rings. The van der Waals surface area contributed by atoms with E-state index in [-0.39, 0.29) is 29.5 Å². The van der Waals surface area contributed by atoms with E-state index in [9.17, 15) is 9.59 Å². The van der Waals surface area contributed by atoms with Gasteiger partial charge in [-0.3, -0.25) is 9.59 Å². The Bertz CT molecular complexity index is 834. The number of rotatable bonds is 8. The van der Waals surface area contributed by atoms with E-state index in [1.165, 1.54) is 5.56 Å². The van der Waals surface area contributed by atoms with Crippen LogP contribution in [0.25, 0.3) is 0 Å². The van der Waals surface area contributed by atoms with E-state index < -0.39 is 0 Å². The summed E-state index contributed by atoms with van der Waals surface area (Å²) in [5.41, 5.74) is 2.00. The molecule has 0 fully saturated rings. The maximum absolute atomic E-state index is 12.5. The number of hydrogen-bond donors (Lipinski definition) is 2. The summed E-state index contributed by atoms with van der Waals surface area (Å²) in [4.78, 5) is 24.7. The zero-order valence-electron chi connectivity index (χ0n) is 18.9. The van der Waals surface area contributed by atoms with Gasteiger partial charge in [0.1, 0.15) is 5.75 Å². The molecule has 0 aliphatic heterocycles. The lowest BCUT2D eigenvalue weighted by Gasteiger charge is -2.20. The first-order valence-electron chi connectivity index (χ1n) is 10.5. The molecule has 2 N–H and O–H groups in total. The van der Waals surface area contributed by atoms with E-state index in [4.69, 9.17) is 4.74 Å². The largest absolute Gasteiger partial charge is 0.491 e. The van der Waals surface area contributed by atoms with Crippen LogP contribution in [-0.4, -0.2) is 29.5 Å². The molecule has 2 aromatic carbocycles. The normalized spacial score (nSPS) is 12.4. The van der Waals surface area contributed by atoms with Gasteiger partial charge in [-0.25, -0.2) is 0 Å². The number of ether oxygens (including phenoxy) is 1. The van der Waals surface area contributed by atoms with Crippen molar-refractivity contribution in [1.82, 2.24) is 10.6 Å². The van der Waals surface area contributed by atoms with Crippen LogP contribution < -0.4 is 15.4 Å². The first-order valence-corrected chi connectivity index (χ1v) is 10.5. The number of carbonyl (C=O) groups is 2. The summed E-state index contributed by atoms with van der Waals surface area (Å²) in [7, 11) is 0. The van der Waals surface area contributed by atoms with E-state index in [2.05, 4.69) is 22.8 Å². The predicted molar refractivity (Wildman–Crippen MR) is 121 cm³/mol. The molecule has 1 atom stereocenters. The zero-order chi connectivity index (χ0) is 22.3. The highest BCUT2D eigenvalue weighted by molar-refractivity contribution is 5.98. The fourth-order valence-corrected chi connectivity index (χ4v) is 2.96. The Hall–Kier alpha value is -2.82. The molecular formula is C25H34N2O3. The molecule has 0 aromatic heterocycles. The first-order chi connectivity index (χ1) is 14.0. The molecule has 2 rings (SSSR count). The fraction of sp³-hybridized carbons (Fsp3) is 0.440. The molecule has 0 saturated carbocycles. The van der Waals surface area contributed by atoms with Crippen molar-refractivity contribution in [1.29, 1.82) is 0 Å². The monoisotopic (exact) mass is 410 g/mol. The number of aryl methyl sites for hydroxylation is 1. The van der Waals surface area contributed by atoms with Gasteiger partial charge in [-0.15, -0.1) is 0 Å². The van der Waals surface area contributed by atoms with Crippen molar-refractivity contribution in [2.75, 3.05) is 0 Å². The van der Waals surface area contributed by atoms with Gasteiger partial charge in [0.15, 0.2) is 0 Å². The van der Waals surface area contributed by atoms with Gasteiger partial charge >= 0.3 is 0 Å². The van der Waals surface area contributed by atoms with Gasteiger partial charge in [0.05, 0.1) is 6.10 Å². The first kappa shape index (κ1) is 23.5. The van der Waals surface area contributed by atoms with Gasteiger partial charge in [0.2, 0.25) is 0 Å². The molecule has 0 saturated heterocycles. The van der Waals surface area contributed by atoms with Gasteiger partial charge in [-0.2, -0.15) is 0 Å². The Morgan fingerprint density at radius 1 is 0.867 bits per heavy atom. The zero-order valence-corrected chi connectivity index (χ0v) is 18.9. The van der Waals surface area contributed by atoms with Crippen LogP contribution >= 0.6 is 0 Å². The molecule has 5 nitrogen and oxygen atoms in total. The van der Waals surface area contributed by atoms with Gasteiger partial charge < -0.3 is 15.4 Å². The van der Waals surface area contributed by atoms with Crippen molar-refractivity contribution in [3.05, 3.63) is 65.2 Å². The molecule has 2 aromatic rings. The second-order valence-corrected chi connectivity index (χ2v) is 9.01. The lowest BCUT2D eigenvalue weighted by atomic mass is 10.0. The topological polar surface area (TPSA) is 67.4 Å². The van der Waals surface area contributed by atoms with Crippen molar-refractivity contribution < 1.29 is 14.3 Å². The van der Waals surface area contributed by atoms with Crippen molar-refractivity contribution in [2.45, 2.75) is 72.1 Å². The Labute approximate surface area is 180 Å². The number of hydrogen-bond acceptors (Lipinski definition) is 3. The molecule has 0 heterocycles. The molecule has 0 aliphatic carbocycles. The average Bonchev–Trinajstić information content (AvgIpc) is 2.66. The Morgan fingerprint density at radius 3 is 1.90 bits per heavy atom. The van der Waals surface area contributed by atoms with Crippen molar-refractivity contribution in [2.24, 2.45) is 0 Å². The number of amides is 2. The van der Waals surface area contributed by atoms with E-state index in [0.717, 1.165) is 18.6 Å². The molecule has 30 heavy (non-hydrogen) atoms. The van der Waals surface area contributed by atoms with Crippen LogP contribution in [0.3, 0.4) is 0 Å². The van der Waals surface area contributed by atoms with Crippen molar-refractivity contribution in [3.8, 4) is 5.75 Å². The maximum atomic E-state index is 12.5. The SMILES string of the molecule is CC(CCc1ccc(OC(C)C)cc1)NC(=O)c1ccc(C(=O)NC(C)(C)C)cc1. The molecule has 0 bridgehead atoms. The highest BCUT2D eigenvalue weighted by Crippen LogP contribution is 2.15. The van der Waals surface area contributed by atoms with Gasteiger partial charge in [0.25, 0.3) is 11.8 Å². The van der Waals surface area contributed by atoms with Crippen LogP contribution in [0.5, 0.6) is 5.75 Å². The minimum atomic E-state index is -0.301. The standard InChI is InChI=1S/C25H34N2O3/c1-17(2)30-22-15-9-19(10-16-22)8-7-18(3)26-23(28)20-11-13-21(14-12-20)24(29)27-25(4,5)6/h9-18H,7-8H2,1-6H3,(H,26,28)(H,27,29). The van der Waals surface area contributed by atoms with Gasteiger partial charge in [0, 0.05) is 22.7 Å². The minimum absolute atomic E-state index is 0.0351. The maximum Gasteiger partial charge on any atom is 0.251 e. The molecule has 1 unspecified atom stereocenters. The molecular weight excluding hydrogens is 376 g/mol. The Balaban J connectivity index is 1.84. The second kappa shape index (κ2) is 10.3. The summed E-state index contributed by atoms with van der Waals surface area (Å²) in [6.07, 6.45) is 1.87. The summed E-state index contributed by atoms with van der Waals surface area (Å²) in [6, 6.07) is 14.9. The third-order valence-electron chi connectivity index (χ3n) is 4.44. The van der Waals surface area contributed by atoms with Crippen LogP contribution in [0.4, 0.5) is 0 Å². The summed E-state index contributed by atoms with van der Waals surface area (Å²) in [6.45, 7) is 11.8. The summed E-state index contributed by atoms with van der Waals surface area (Å²) < 4.78 is 5.66. The van der Waals surface area contributed by atoms with Crippen LogP contribution in [-0.2, 0) is 6.42 Å². The summed E-state index contributed by atoms with van der Waals surface area (Å²) >= 11 is 0. The Kier molecular flexibility index (Phi) is 8.04. The second-order valence-electron chi connectivity index (χ2n) is 9.01. The third kappa shape index (κ3) is 7.90. The van der Waals surface area contributed by atoms with Gasteiger partial charge in [-0.05, 0) is 96.3 Å². The molecule has 2 amide bonds. The minimum Gasteiger partial charge on any atom is -0.491 e. The highest BCUT2D eigenvalue weighted by Gasteiger charge is 2.16. The van der Waals surface area contributed by atoms with Gasteiger partial charge in [-0.1, -0.05) is 12.1 Å². The van der Waals surface area contributed by atoms with E-state index in [0.29, 0.717) is 11.1 Å². The lowest BCUT2D eigenvalue weighted by molar-refractivity contribution is 0.0913. The molecule has 162 valence electrons. The summed E-state index contributed by atoms with van der Waals surface area (Å²) in [5.74, 6) is 0.591. The average molecular weight is 411 g/mol. The lowest BCUT2D eigenvalue weighted by Crippen LogP contribution is -2.40. The smallest absolute Gasteiger partial charge is 0.251 e. The number of nitrogens with one attached hydrogen (secondary N) is 2. The quantitative estimate of drug-likeness (QED) is 0.660. The molecule has 0 radical (unpaired) electrons. The fourth-order valence-electron chi connectivity index (χ4n) is 2.96. The van der Waals surface area contributed by atoms with Crippen LogP contribution in [0.15, 0.2) is 48.5 Å². The predicted octanol–water partition coefficient (Wildman–Crippen LogP) is 4.75. The van der Waals surface area contributed by atoms with Crippen LogP contribution in [0.2, 0.25) is 0 Å². The van der Waals surface area contributed by atoms with Crippen LogP contribution in [0.1, 0.15) is 74.2 Å². The summed E-state index contributed by atoms with van der Waals surface area (Å²) in [5, 5.41) is 5.94. The van der Waals surface area contributed by atoms with Crippen molar-refractivity contribution in [3.63, 3.8) is 0 Å².